The number of carboxylic acids is 1. The van der Waals surface area contributed by atoms with Crippen molar-refractivity contribution in [1.29, 1.82) is 0 Å². The van der Waals surface area contributed by atoms with Crippen molar-refractivity contribution in [3.8, 4) is 0 Å². The van der Waals surface area contributed by atoms with Gasteiger partial charge in [-0.2, -0.15) is 4.31 Å². The first-order chi connectivity index (χ1) is 10.7. The molecule has 2 fully saturated rings. The topological polar surface area (TPSA) is 74.7 Å². The summed E-state index contributed by atoms with van der Waals surface area (Å²) in [6, 6.07) is 0.583. The van der Waals surface area contributed by atoms with Gasteiger partial charge in [-0.1, -0.05) is 6.42 Å². The zero-order chi connectivity index (χ0) is 17.0. The van der Waals surface area contributed by atoms with E-state index in [-0.39, 0.29) is 19.0 Å². The molecule has 0 unspecified atom stereocenters. The van der Waals surface area contributed by atoms with Crippen LogP contribution in [0.4, 0.5) is 13.2 Å². The van der Waals surface area contributed by atoms with Gasteiger partial charge >= 0.3 is 5.97 Å². The van der Waals surface area contributed by atoms with E-state index in [4.69, 9.17) is 0 Å². The van der Waals surface area contributed by atoms with Crippen LogP contribution >= 0.6 is 0 Å². The van der Waals surface area contributed by atoms with Crippen LogP contribution in [0.2, 0.25) is 0 Å². The highest BCUT2D eigenvalue weighted by atomic mass is 32.2. The standard InChI is InChI=1S/C14H14F3NO4S/c15-9-4-10(16)12(11(17)5-9)23(21,22)18-6-8-2-1-3-14(8,7-18)13(19)20/h4-5,8H,1-3,6-7H2,(H,19,20)/t8-,14+/m0/s1. The summed E-state index contributed by atoms with van der Waals surface area (Å²) in [6.45, 7) is -0.434. The fourth-order valence-corrected chi connectivity index (χ4v) is 5.33. The highest BCUT2D eigenvalue weighted by Crippen LogP contribution is 2.50. The molecule has 3 rings (SSSR count). The summed E-state index contributed by atoms with van der Waals surface area (Å²) >= 11 is 0. The lowest BCUT2D eigenvalue weighted by Gasteiger charge is -2.23. The second-order valence-electron chi connectivity index (χ2n) is 6.05. The molecule has 9 heteroatoms. The Kier molecular flexibility index (Phi) is 3.68. The van der Waals surface area contributed by atoms with E-state index < -0.39 is 43.8 Å². The average Bonchev–Trinajstić information content (AvgIpc) is 2.93. The summed E-state index contributed by atoms with van der Waals surface area (Å²) in [5.41, 5.74) is -1.21. The molecular formula is C14H14F3NO4S. The fraction of sp³-hybridized carbons (Fsp3) is 0.500. The van der Waals surface area contributed by atoms with Gasteiger partial charge in [-0.05, 0) is 18.8 Å². The second-order valence-corrected chi connectivity index (χ2v) is 7.92. The Balaban J connectivity index is 2.02. The van der Waals surface area contributed by atoms with Crippen molar-refractivity contribution in [3.63, 3.8) is 0 Å². The Hall–Kier alpha value is -1.61. The van der Waals surface area contributed by atoms with Crippen molar-refractivity contribution in [2.45, 2.75) is 24.2 Å². The maximum absolute atomic E-state index is 13.8. The van der Waals surface area contributed by atoms with Gasteiger partial charge in [-0.3, -0.25) is 4.79 Å². The molecule has 0 bridgehead atoms. The third-order valence-corrected chi connectivity index (χ3v) is 6.69. The normalized spacial score (nSPS) is 28.0. The minimum Gasteiger partial charge on any atom is -0.481 e. The van der Waals surface area contributed by atoms with E-state index in [9.17, 15) is 31.5 Å². The van der Waals surface area contributed by atoms with Gasteiger partial charge in [-0.15, -0.1) is 0 Å². The summed E-state index contributed by atoms with van der Waals surface area (Å²) in [5, 5.41) is 9.45. The van der Waals surface area contributed by atoms with Gasteiger partial charge in [0, 0.05) is 25.2 Å². The molecule has 5 nitrogen and oxygen atoms in total. The molecule has 0 aromatic heterocycles. The predicted molar refractivity (Wildman–Crippen MR) is 72.5 cm³/mol. The lowest BCUT2D eigenvalue weighted by atomic mass is 9.81. The highest BCUT2D eigenvalue weighted by molar-refractivity contribution is 7.89. The molecule has 1 aromatic carbocycles. The Morgan fingerprint density at radius 1 is 1.26 bits per heavy atom. The van der Waals surface area contributed by atoms with Crippen LogP contribution in [-0.4, -0.2) is 36.9 Å². The van der Waals surface area contributed by atoms with Crippen LogP contribution in [0.25, 0.3) is 0 Å². The Morgan fingerprint density at radius 2 is 1.87 bits per heavy atom. The number of fused-ring (bicyclic) bond motifs is 1. The smallest absolute Gasteiger partial charge is 0.311 e. The SMILES string of the molecule is O=C(O)[C@@]12CCC[C@H]1CN(S(=O)(=O)c1c(F)cc(F)cc1F)C2. The van der Waals surface area contributed by atoms with Gasteiger partial charge < -0.3 is 5.11 Å². The third kappa shape index (κ3) is 2.33. The molecule has 1 saturated carbocycles. The van der Waals surface area contributed by atoms with E-state index in [1.807, 2.05) is 0 Å². The first kappa shape index (κ1) is 16.3. The zero-order valence-electron chi connectivity index (χ0n) is 11.9. The Labute approximate surface area is 130 Å². The van der Waals surface area contributed by atoms with Gasteiger partial charge in [0.25, 0.3) is 0 Å². The maximum Gasteiger partial charge on any atom is 0.311 e. The van der Waals surface area contributed by atoms with Crippen LogP contribution in [0.15, 0.2) is 17.0 Å². The van der Waals surface area contributed by atoms with E-state index in [0.29, 0.717) is 31.4 Å². The van der Waals surface area contributed by atoms with Gasteiger partial charge in [-0.25, -0.2) is 21.6 Å². The molecule has 1 heterocycles. The van der Waals surface area contributed by atoms with E-state index in [0.717, 1.165) is 4.31 Å². The molecule has 1 aliphatic heterocycles. The van der Waals surface area contributed by atoms with Crippen LogP contribution in [0.1, 0.15) is 19.3 Å². The van der Waals surface area contributed by atoms with Crippen LogP contribution in [0, 0.1) is 28.8 Å². The molecule has 0 amide bonds. The number of rotatable bonds is 3. The molecular weight excluding hydrogens is 335 g/mol. The van der Waals surface area contributed by atoms with Crippen molar-refractivity contribution in [1.82, 2.24) is 4.31 Å². The van der Waals surface area contributed by atoms with E-state index in [1.165, 1.54) is 0 Å². The van der Waals surface area contributed by atoms with Crippen LogP contribution < -0.4 is 0 Å². The average molecular weight is 349 g/mol. The van der Waals surface area contributed by atoms with E-state index in [1.54, 1.807) is 0 Å². The zero-order valence-corrected chi connectivity index (χ0v) is 12.7. The highest BCUT2D eigenvalue weighted by Gasteiger charge is 2.57. The summed E-state index contributed by atoms with van der Waals surface area (Å²) in [4.78, 5) is 10.3. The largest absolute Gasteiger partial charge is 0.481 e. The molecule has 0 spiro atoms. The molecule has 1 N–H and O–H groups in total. The number of halogens is 3. The van der Waals surface area contributed by atoms with Gasteiger partial charge in [0.2, 0.25) is 10.0 Å². The minimum atomic E-state index is -4.58. The predicted octanol–water partition coefficient (Wildman–Crippen LogP) is 1.98. The number of hydrogen-bond acceptors (Lipinski definition) is 3. The summed E-state index contributed by atoms with van der Waals surface area (Å²) in [7, 11) is -4.58. The molecule has 23 heavy (non-hydrogen) atoms. The van der Waals surface area contributed by atoms with E-state index in [2.05, 4.69) is 0 Å². The van der Waals surface area contributed by atoms with E-state index >= 15 is 0 Å². The third-order valence-electron chi connectivity index (χ3n) is 4.83. The monoisotopic (exact) mass is 349 g/mol. The maximum atomic E-state index is 13.8. The molecule has 126 valence electrons. The molecule has 2 atom stereocenters. The number of sulfonamides is 1. The summed E-state index contributed by atoms with van der Waals surface area (Å²) < 4.78 is 66.4. The first-order valence-corrected chi connectivity index (χ1v) is 8.50. The summed E-state index contributed by atoms with van der Waals surface area (Å²) in [5.74, 6) is -5.76. The molecule has 1 aromatic rings. The molecule has 1 saturated heterocycles. The number of carboxylic acid groups (broad SMARTS) is 1. The minimum absolute atomic E-state index is 0.106. The van der Waals surface area contributed by atoms with Crippen molar-refractivity contribution in [2.24, 2.45) is 11.3 Å². The molecule has 0 radical (unpaired) electrons. The van der Waals surface area contributed by atoms with Gasteiger partial charge in [0.15, 0.2) is 4.90 Å². The lowest BCUT2D eigenvalue weighted by Crippen LogP contribution is -2.37. The molecule has 2 aliphatic rings. The van der Waals surface area contributed by atoms with Crippen molar-refractivity contribution in [3.05, 3.63) is 29.6 Å². The number of carbonyl (C=O) groups is 1. The number of nitrogens with zero attached hydrogens (tertiary/aromatic N) is 1. The Bertz CT molecular complexity index is 759. The quantitative estimate of drug-likeness (QED) is 0.905. The Morgan fingerprint density at radius 3 is 2.39 bits per heavy atom. The van der Waals surface area contributed by atoms with Crippen LogP contribution in [0.3, 0.4) is 0 Å². The van der Waals surface area contributed by atoms with Crippen molar-refractivity contribution >= 4 is 16.0 Å². The first-order valence-electron chi connectivity index (χ1n) is 7.06. The van der Waals surface area contributed by atoms with Gasteiger partial charge in [0.05, 0.1) is 5.41 Å². The second kappa shape index (κ2) is 5.20. The molecule has 1 aliphatic carbocycles. The number of aliphatic carboxylic acids is 1. The fourth-order valence-electron chi connectivity index (χ4n) is 3.68. The number of benzene rings is 1. The van der Waals surface area contributed by atoms with Crippen molar-refractivity contribution < 1.29 is 31.5 Å². The number of hydrogen-bond donors (Lipinski definition) is 1. The van der Waals surface area contributed by atoms with Crippen LogP contribution in [-0.2, 0) is 14.8 Å². The van der Waals surface area contributed by atoms with Crippen molar-refractivity contribution in [2.75, 3.05) is 13.1 Å². The van der Waals surface area contributed by atoms with Gasteiger partial charge in [0.1, 0.15) is 17.5 Å². The lowest BCUT2D eigenvalue weighted by molar-refractivity contribution is -0.149. The van der Waals surface area contributed by atoms with Crippen LogP contribution in [0.5, 0.6) is 0 Å². The summed E-state index contributed by atoms with van der Waals surface area (Å²) in [6.07, 6.45) is 1.55.